The van der Waals surface area contributed by atoms with Crippen molar-refractivity contribution >= 4 is 15.7 Å². The summed E-state index contributed by atoms with van der Waals surface area (Å²) in [4.78, 5) is 14.7. The minimum Gasteiger partial charge on any atom is -0.493 e. The zero-order chi connectivity index (χ0) is 23.6. The molecule has 2 rings (SSSR count). The molecule has 2 aromatic rings. The molecular weight excluding hydrogens is 430 g/mol. The molecule has 0 saturated heterocycles. The van der Waals surface area contributed by atoms with Gasteiger partial charge in [0.05, 0.1) is 24.7 Å². The van der Waals surface area contributed by atoms with Crippen LogP contribution < -0.4 is 14.2 Å². The van der Waals surface area contributed by atoms with Gasteiger partial charge in [0.2, 0.25) is 0 Å². The zero-order valence-electron chi connectivity index (χ0n) is 19.3. The van der Waals surface area contributed by atoms with E-state index in [2.05, 4.69) is 0 Å². The lowest BCUT2D eigenvalue weighted by Gasteiger charge is -2.19. The number of ether oxygens (including phenoxy) is 3. The molecule has 8 heteroatoms. The second kappa shape index (κ2) is 12.3. The quantitative estimate of drug-likeness (QED) is 0.414. The van der Waals surface area contributed by atoms with E-state index in [1.54, 1.807) is 42.3 Å². The van der Waals surface area contributed by atoms with Crippen LogP contribution in [0.4, 0.5) is 0 Å². The van der Waals surface area contributed by atoms with Crippen molar-refractivity contribution in [3.8, 4) is 17.2 Å². The number of amides is 1. The molecule has 0 radical (unpaired) electrons. The zero-order valence-corrected chi connectivity index (χ0v) is 20.1. The predicted molar refractivity (Wildman–Crippen MR) is 125 cm³/mol. The topological polar surface area (TPSA) is 82.1 Å². The molecule has 0 aliphatic rings. The number of rotatable bonds is 13. The molecule has 0 aliphatic heterocycles. The van der Waals surface area contributed by atoms with Gasteiger partial charge in [-0.3, -0.25) is 4.79 Å². The van der Waals surface area contributed by atoms with Gasteiger partial charge in [0, 0.05) is 25.4 Å². The largest absolute Gasteiger partial charge is 0.493 e. The SMILES string of the molecule is CCCOc1ccc(C(=O)N(C)CCCOc2cccc(S(C)(=O)=O)c2)cc1OCCC. The number of sulfone groups is 1. The van der Waals surface area contributed by atoms with Crippen LogP contribution in [-0.4, -0.2) is 58.9 Å². The summed E-state index contributed by atoms with van der Waals surface area (Å²) in [7, 11) is -1.54. The van der Waals surface area contributed by atoms with Crippen molar-refractivity contribution in [2.75, 3.05) is 39.7 Å². The summed E-state index contributed by atoms with van der Waals surface area (Å²) >= 11 is 0. The predicted octanol–water partition coefficient (Wildman–Crippen LogP) is 4.21. The molecular formula is C24H33NO6S. The number of benzene rings is 2. The Morgan fingerprint density at radius 3 is 2.25 bits per heavy atom. The maximum atomic E-state index is 12.8. The van der Waals surface area contributed by atoms with Gasteiger partial charge in [-0.25, -0.2) is 8.42 Å². The van der Waals surface area contributed by atoms with E-state index in [9.17, 15) is 13.2 Å². The standard InChI is InChI=1S/C24H33NO6S/c1-5-14-30-22-12-11-19(17-23(22)31-15-6-2)24(26)25(3)13-8-16-29-20-9-7-10-21(18-20)32(4,27)28/h7,9-12,17-18H,5-6,8,13-16H2,1-4H3. The third-order valence-electron chi connectivity index (χ3n) is 4.60. The molecule has 0 bridgehead atoms. The summed E-state index contributed by atoms with van der Waals surface area (Å²) in [6, 6.07) is 11.6. The van der Waals surface area contributed by atoms with Crippen LogP contribution >= 0.6 is 0 Å². The summed E-state index contributed by atoms with van der Waals surface area (Å²) in [6.07, 6.45) is 3.51. The lowest BCUT2D eigenvalue weighted by atomic mass is 10.1. The lowest BCUT2D eigenvalue weighted by molar-refractivity contribution is 0.0787. The summed E-state index contributed by atoms with van der Waals surface area (Å²) in [5.74, 6) is 1.59. The average Bonchev–Trinajstić information content (AvgIpc) is 2.78. The van der Waals surface area contributed by atoms with Gasteiger partial charge in [0.15, 0.2) is 21.3 Å². The minimum absolute atomic E-state index is 0.118. The summed E-state index contributed by atoms with van der Waals surface area (Å²) in [6.45, 7) is 6.04. The van der Waals surface area contributed by atoms with Gasteiger partial charge < -0.3 is 19.1 Å². The Bertz CT molecular complexity index is 990. The van der Waals surface area contributed by atoms with Crippen molar-refractivity contribution in [3.63, 3.8) is 0 Å². The van der Waals surface area contributed by atoms with E-state index >= 15 is 0 Å². The van der Waals surface area contributed by atoms with E-state index in [1.165, 1.54) is 12.1 Å². The highest BCUT2D eigenvalue weighted by Gasteiger charge is 2.15. The van der Waals surface area contributed by atoms with E-state index in [-0.39, 0.29) is 10.8 Å². The summed E-state index contributed by atoms with van der Waals surface area (Å²) < 4.78 is 40.5. The third-order valence-corrected chi connectivity index (χ3v) is 5.71. The summed E-state index contributed by atoms with van der Waals surface area (Å²) in [5.41, 5.74) is 0.532. The van der Waals surface area contributed by atoms with Gasteiger partial charge in [0.25, 0.3) is 5.91 Å². The van der Waals surface area contributed by atoms with E-state index in [4.69, 9.17) is 14.2 Å². The first-order chi connectivity index (χ1) is 15.3. The van der Waals surface area contributed by atoms with E-state index < -0.39 is 9.84 Å². The second-order valence-electron chi connectivity index (χ2n) is 7.53. The Morgan fingerprint density at radius 1 is 0.906 bits per heavy atom. The maximum absolute atomic E-state index is 12.8. The Labute approximate surface area is 191 Å². The van der Waals surface area contributed by atoms with Gasteiger partial charge in [-0.05, 0) is 55.7 Å². The van der Waals surface area contributed by atoms with Crippen LogP contribution in [0.5, 0.6) is 17.2 Å². The van der Waals surface area contributed by atoms with Crippen molar-refractivity contribution in [3.05, 3.63) is 48.0 Å². The molecule has 0 heterocycles. The molecule has 1 amide bonds. The maximum Gasteiger partial charge on any atom is 0.253 e. The van der Waals surface area contributed by atoms with Gasteiger partial charge in [-0.1, -0.05) is 19.9 Å². The highest BCUT2D eigenvalue weighted by Crippen LogP contribution is 2.29. The Balaban J connectivity index is 1.93. The molecule has 2 aromatic carbocycles. The highest BCUT2D eigenvalue weighted by atomic mass is 32.2. The molecule has 32 heavy (non-hydrogen) atoms. The molecule has 0 spiro atoms. The number of carbonyl (C=O) groups excluding carboxylic acids is 1. The van der Waals surface area contributed by atoms with Crippen LogP contribution in [0.1, 0.15) is 43.5 Å². The normalized spacial score (nSPS) is 11.1. The number of carbonyl (C=O) groups is 1. The van der Waals surface area contributed by atoms with Gasteiger partial charge >= 0.3 is 0 Å². The fourth-order valence-corrected chi connectivity index (χ4v) is 3.56. The third kappa shape index (κ3) is 7.75. The lowest BCUT2D eigenvalue weighted by Crippen LogP contribution is -2.28. The van der Waals surface area contributed by atoms with Crippen LogP contribution in [0.15, 0.2) is 47.4 Å². The number of nitrogens with zero attached hydrogens (tertiary/aromatic N) is 1. The Kier molecular flexibility index (Phi) is 9.84. The van der Waals surface area contributed by atoms with Crippen molar-refractivity contribution in [1.29, 1.82) is 0 Å². The van der Waals surface area contributed by atoms with Crippen molar-refractivity contribution in [2.45, 2.75) is 38.0 Å². The molecule has 176 valence electrons. The molecule has 0 aliphatic carbocycles. The van der Waals surface area contributed by atoms with Crippen LogP contribution in [0.2, 0.25) is 0 Å². The van der Waals surface area contributed by atoms with Crippen molar-refractivity contribution in [2.24, 2.45) is 0 Å². The minimum atomic E-state index is -3.28. The molecule has 0 saturated carbocycles. The molecule has 0 unspecified atom stereocenters. The first kappa shape index (κ1) is 25.5. The molecule has 0 atom stereocenters. The van der Waals surface area contributed by atoms with E-state index in [1.807, 2.05) is 13.8 Å². The molecule has 0 aromatic heterocycles. The monoisotopic (exact) mass is 463 g/mol. The molecule has 0 fully saturated rings. The molecule has 0 N–H and O–H groups in total. The second-order valence-corrected chi connectivity index (χ2v) is 9.55. The first-order valence-electron chi connectivity index (χ1n) is 10.8. The molecule has 7 nitrogen and oxygen atoms in total. The van der Waals surface area contributed by atoms with Gasteiger partial charge in [-0.2, -0.15) is 0 Å². The Morgan fingerprint density at radius 2 is 1.59 bits per heavy atom. The first-order valence-corrected chi connectivity index (χ1v) is 12.7. The van der Waals surface area contributed by atoms with Gasteiger partial charge in [-0.15, -0.1) is 0 Å². The van der Waals surface area contributed by atoms with Crippen LogP contribution in [-0.2, 0) is 9.84 Å². The number of hydrogen-bond acceptors (Lipinski definition) is 6. The highest BCUT2D eigenvalue weighted by molar-refractivity contribution is 7.90. The number of hydrogen-bond donors (Lipinski definition) is 0. The Hall–Kier alpha value is -2.74. The van der Waals surface area contributed by atoms with E-state index in [0.717, 1.165) is 19.1 Å². The fraction of sp³-hybridized carbons (Fsp3) is 0.458. The van der Waals surface area contributed by atoms with Crippen LogP contribution in [0.3, 0.4) is 0 Å². The summed E-state index contributed by atoms with van der Waals surface area (Å²) in [5, 5.41) is 0. The smallest absolute Gasteiger partial charge is 0.253 e. The fourth-order valence-electron chi connectivity index (χ4n) is 2.91. The van der Waals surface area contributed by atoms with Crippen LogP contribution in [0.25, 0.3) is 0 Å². The average molecular weight is 464 g/mol. The van der Waals surface area contributed by atoms with Crippen molar-refractivity contribution in [1.82, 2.24) is 4.90 Å². The van der Waals surface area contributed by atoms with E-state index in [0.29, 0.717) is 55.6 Å². The van der Waals surface area contributed by atoms with Crippen molar-refractivity contribution < 1.29 is 27.4 Å². The van der Waals surface area contributed by atoms with Gasteiger partial charge in [0.1, 0.15) is 5.75 Å². The van der Waals surface area contributed by atoms with Crippen LogP contribution in [0, 0.1) is 0 Å².